The van der Waals surface area contributed by atoms with Crippen molar-refractivity contribution in [3.05, 3.63) is 59.7 Å². The van der Waals surface area contributed by atoms with Crippen LogP contribution in [0.3, 0.4) is 0 Å². The van der Waals surface area contributed by atoms with Gasteiger partial charge in [0.2, 0.25) is 0 Å². The molecule has 7 nitrogen and oxygen atoms in total. The fourth-order valence-corrected chi connectivity index (χ4v) is 2.31. The number of carbonyl (C=O) groups is 2. The molecule has 0 aliphatic carbocycles. The van der Waals surface area contributed by atoms with Crippen molar-refractivity contribution >= 4 is 11.8 Å². The molecule has 2 aromatic rings. The van der Waals surface area contributed by atoms with Crippen LogP contribution in [0, 0.1) is 0 Å². The van der Waals surface area contributed by atoms with E-state index in [9.17, 15) is 9.59 Å². The van der Waals surface area contributed by atoms with Gasteiger partial charge >= 0.3 is 0 Å². The van der Waals surface area contributed by atoms with Crippen molar-refractivity contribution in [1.29, 1.82) is 0 Å². The minimum Gasteiger partial charge on any atom is -0.349 e. The normalized spacial score (nSPS) is 10.6. The zero-order chi connectivity index (χ0) is 18.9. The van der Waals surface area contributed by atoms with Gasteiger partial charge in [0, 0.05) is 39.1 Å². The van der Waals surface area contributed by atoms with E-state index in [-0.39, 0.29) is 23.2 Å². The van der Waals surface area contributed by atoms with Crippen LogP contribution in [0.1, 0.15) is 26.5 Å². The van der Waals surface area contributed by atoms with Crippen molar-refractivity contribution in [2.45, 2.75) is 6.42 Å². The number of nitrogens with zero attached hydrogens (tertiary/aromatic N) is 4. The number of nitrogens with one attached hydrogen (secondary N) is 1. The van der Waals surface area contributed by atoms with Crippen LogP contribution in [0.15, 0.2) is 42.7 Å². The van der Waals surface area contributed by atoms with E-state index in [0.717, 1.165) is 18.5 Å². The Morgan fingerprint density at radius 1 is 1.00 bits per heavy atom. The van der Waals surface area contributed by atoms with Gasteiger partial charge in [-0.1, -0.05) is 6.07 Å². The second kappa shape index (κ2) is 9.62. The maximum Gasteiger partial charge on any atom is 0.272 e. The third kappa shape index (κ3) is 5.93. The van der Waals surface area contributed by atoms with E-state index >= 15 is 0 Å². The van der Waals surface area contributed by atoms with Crippen LogP contribution >= 0.6 is 0 Å². The summed E-state index contributed by atoms with van der Waals surface area (Å²) in [4.78, 5) is 36.5. The van der Waals surface area contributed by atoms with Gasteiger partial charge in [0.25, 0.3) is 11.8 Å². The van der Waals surface area contributed by atoms with Crippen molar-refractivity contribution in [3.63, 3.8) is 0 Å². The van der Waals surface area contributed by atoms with Gasteiger partial charge in [0.05, 0.1) is 0 Å². The van der Waals surface area contributed by atoms with E-state index in [1.54, 1.807) is 42.5 Å². The summed E-state index contributed by atoms with van der Waals surface area (Å²) >= 11 is 0. The molecule has 0 saturated heterocycles. The molecule has 2 heterocycles. The Hall–Kier alpha value is -2.80. The number of amides is 2. The monoisotopic (exact) mass is 355 g/mol. The molecule has 2 aromatic heterocycles. The first-order valence-corrected chi connectivity index (χ1v) is 8.51. The molecule has 0 aliphatic heterocycles. The highest BCUT2D eigenvalue weighted by atomic mass is 16.2. The van der Waals surface area contributed by atoms with Crippen molar-refractivity contribution in [2.75, 3.05) is 40.8 Å². The molecule has 0 aromatic carbocycles. The zero-order valence-electron chi connectivity index (χ0n) is 15.5. The average Bonchev–Trinajstić information content (AvgIpc) is 2.66. The Labute approximate surface area is 154 Å². The van der Waals surface area contributed by atoms with Crippen LogP contribution in [0.4, 0.5) is 0 Å². The first-order chi connectivity index (χ1) is 12.5. The molecule has 2 amide bonds. The smallest absolute Gasteiger partial charge is 0.272 e. The maximum atomic E-state index is 12.6. The van der Waals surface area contributed by atoms with Crippen molar-refractivity contribution in [3.8, 4) is 0 Å². The fourth-order valence-electron chi connectivity index (χ4n) is 2.31. The van der Waals surface area contributed by atoms with Crippen LogP contribution in [-0.4, -0.2) is 72.4 Å². The minimum absolute atomic E-state index is 0.206. The van der Waals surface area contributed by atoms with Gasteiger partial charge < -0.3 is 15.1 Å². The number of carbonyl (C=O) groups excluding carboxylic acids is 2. The van der Waals surface area contributed by atoms with E-state index < -0.39 is 0 Å². The number of hydrogen-bond acceptors (Lipinski definition) is 5. The summed E-state index contributed by atoms with van der Waals surface area (Å²) in [6, 6.07) is 8.77. The molecule has 0 atom stereocenters. The van der Waals surface area contributed by atoms with Crippen molar-refractivity contribution in [2.24, 2.45) is 0 Å². The van der Waals surface area contributed by atoms with Crippen molar-refractivity contribution < 1.29 is 9.59 Å². The fraction of sp³-hybridized carbons (Fsp3) is 0.368. The topological polar surface area (TPSA) is 78.4 Å². The predicted molar refractivity (Wildman–Crippen MR) is 100 cm³/mol. The Morgan fingerprint density at radius 2 is 1.69 bits per heavy atom. The second-order valence-electron chi connectivity index (χ2n) is 6.30. The Bertz CT molecular complexity index is 734. The first-order valence-electron chi connectivity index (χ1n) is 8.51. The lowest BCUT2D eigenvalue weighted by atomic mass is 10.2. The number of aromatic nitrogens is 2. The molecular weight excluding hydrogens is 330 g/mol. The molecule has 0 unspecified atom stereocenters. The summed E-state index contributed by atoms with van der Waals surface area (Å²) in [5, 5.41) is 2.80. The van der Waals surface area contributed by atoms with E-state index in [1.807, 2.05) is 31.1 Å². The molecule has 0 aliphatic rings. The molecule has 0 spiro atoms. The molecular formula is C19H25N5O2. The van der Waals surface area contributed by atoms with Gasteiger partial charge in [-0.2, -0.15) is 0 Å². The van der Waals surface area contributed by atoms with Gasteiger partial charge in [0.15, 0.2) is 0 Å². The molecule has 0 saturated carbocycles. The lowest BCUT2D eigenvalue weighted by Crippen LogP contribution is -2.33. The van der Waals surface area contributed by atoms with Gasteiger partial charge in [-0.15, -0.1) is 0 Å². The molecule has 2 rings (SSSR count). The average molecular weight is 355 g/mol. The summed E-state index contributed by atoms with van der Waals surface area (Å²) in [6.07, 6.45) is 4.20. The van der Waals surface area contributed by atoms with Gasteiger partial charge in [-0.05, 0) is 50.3 Å². The van der Waals surface area contributed by atoms with Crippen LogP contribution in [0.5, 0.6) is 0 Å². The maximum absolute atomic E-state index is 12.6. The van der Waals surface area contributed by atoms with Crippen molar-refractivity contribution in [1.82, 2.24) is 25.1 Å². The second-order valence-corrected chi connectivity index (χ2v) is 6.30. The molecule has 1 N–H and O–H groups in total. The first kappa shape index (κ1) is 19.5. The third-order valence-corrected chi connectivity index (χ3v) is 3.88. The highest BCUT2D eigenvalue weighted by Gasteiger charge is 2.15. The zero-order valence-corrected chi connectivity index (χ0v) is 15.5. The number of likely N-dealkylation sites (N-methyl/N-ethyl adjacent to an activating group) is 2. The quantitative estimate of drug-likeness (QED) is 0.767. The van der Waals surface area contributed by atoms with Crippen LogP contribution in [-0.2, 0) is 6.42 Å². The summed E-state index contributed by atoms with van der Waals surface area (Å²) in [6.45, 7) is 1.82. The summed E-state index contributed by atoms with van der Waals surface area (Å²) in [7, 11) is 5.60. The molecule has 0 bridgehead atoms. The lowest BCUT2D eigenvalue weighted by molar-refractivity contribution is 0.0790. The summed E-state index contributed by atoms with van der Waals surface area (Å²) < 4.78 is 0. The SMILES string of the molecule is CN(C)CCNC(=O)c1cccc(C(=O)N(C)CCc2ccncc2)n1. The van der Waals surface area contributed by atoms with E-state index in [2.05, 4.69) is 15.3 Å². The minimum atomic E-state index is -0.277. The molecule has 0 radical (unpaired) electrons. The van der Waals surface area contributed by atoms with Gasteiger partial charge in [0.1, 0.15) is 11.4 Å². The van der Waals surface area contributed by atoms with Gasteiger partial charge in [-0.3, -0.25) is 14.6 Å². The third-order valence-electron chi connectivity index (χ3n) is 3.88. The van der Waals surface area contributed by atoms with Gasteiger partial charge in [-0.25, -0.2) is 4.98 Å². The molecule has 138 valence electrons. The Morgan fingerprint density at radius 3 is 2.38 bits per heavy atom. The summed E-state index contributed by atoms with van der Waals surface area (Å²) in [5.74, 6) is -0.483. The molecule has 7 heteroatoms. The van der Waals surface area contributed by atoms with Crippen LogP contribution in [0.2, 0.25) is 0 Å². The van der Waals surface area contributed by atoms with E-state index in [1.165, 1.54) is 0 Å². The molecule has 0 fully saturated rings. The standard InChI is InChI=1S/C19H25N5O2/c1-23(2)14-12-21-18(25)16-5-4-6-17(22-16)19(26)24(3)13-9-15-7-10-20-11-8-15/h4-8,10-11H,9,12-14H2,1-3H3,(H,21,25). The number of pyridine rings is 2. The summed E-state index contributed by atoms with van der Waals surface area (Å²) in [5.41, 5.74) is 1.63. The highest BCUT2D eigenvalue weighted by molar-refractivity contribution is 5.96. The number of hydrogen-bond donors (Lipinski definition) is 1. The predicted octanol–water partition coefficient (Wildman–Crippen LogP) is 1.08. The Balaban J connectivity index is 1.94. The largest absolute Gasteiger partial charge is 0.349 e. The lowest BCUT2D eigenvalue weighted by Gasteiger charge is -2.17. The van der Waals surface area contributed by atoms with Crippen LogP contribution < -0.4 is 5.32 Å². The van der Waals surface area contributed by atoms with E-state index in [4.69, 9.17) is 0 Å². The Kier molecular flexibility index (Phi) is 7.23. The highest BCUT2D eigenvalue weighted by Crippen LogP contribution is 2.05. The number of rotatable bonds is 8. The van der Waals surface area contributed by atoms with Crippen LogP contribution in [0.25, 0.3) is 0 Å². The molecule has 26 heavy (non-hydrogen) atoms. The van der Waals surface area contributed by atoms with E-state index in [0.29, 0.717) is 13.1 Å².